The van der Waals surface area contributed by atoms with Crippen LogP contribution in [-0.2, 0) is 4.79 Å². The Morgan fingerprint density at radius 1 is 1.30 bits per heavy atom. The lowest BCUT2D eigenvalue weighted by molar-refractivity contribution is -0.142. The molecule has 5 nitrogen and oxygen atoms in total. The standard InChI is InChI=1S/C15H26N2O3/c1-5-10-17(15(2,3)4)14(20)16-12-8-6-11(7-9-12)13(18)19/h5,11-12H,1,6-10H2,2-4H3,(H,16,20)(H,18,19). The molecule has 1 saturated carbocycles. The third kappa shape index (κ3) is 4.54. The lowest BCUT2D eigenvalue weighted by Crippen LogP contribution is -2.53. The van der Waals surface area contributed by atoms with E-state index in [1.165, 1.54) is 0 Å². The summed E-state index contributed by atoms with van der Waals surface area (Å²) in [6.45, 7) is 10.1. The van der Waals surface area contributed by atoms with E-state index in [-0.39, 0.29) is 23.5 Å². The number of amides is 2. The van der Waals surface area contributed by atoms with Crippen molar-refractivity contribution < 1.29 is 14.7 Å². The second kappa shape index (κ2) is 6.77. The first-order valence-corrected chi connectivity index (χ1v) is 7.17. The van der Waals surface area contributed by atoms with Crippen molar-refractivity contribution in [1.82, 2.24) is 10.2 Å². The van der Waals surface area contributed by atoms with Crippen LogP contribution in [0.15, 0.2) is 12.7 Å². The summed E-state index contributed by atoms with van der Waals surface area (Å²) in [5.74, 6) is -0.979. The van der Waals surface area contributed by atoms with Gasteiger partial charge in [-0.1, -0.05) is 6.08 Å². The fourth-order valence-electron chi connectivity index (χ4n) is 2.53. The number of hydrogen-bond acceptors (Lipinski definition) is 2. The largest absolute Gasteiger partial charge is 0.481 e. The van der Waals surface area contributed by atoms with Gasteiger partial charge in [0.2, 0.25) is 0 Å². The number of carboxylic acids is 1. The molecule has 0 spiro atoms. The number of hydrogen-bond donors (Lipinski definition) is 2. The Labute approximate surface area is 121 Å². The Morgan fingerprint density at radius 3 is 2.25 bits per heavy atom. The topological polar surface area (TPSA) is 69.6 Å². The van der Waals surface area contributed by atoms with Crippen molar-refractivity contribution in [2.24, 2.45) is 5.92 Å². The zero-order valence-corrected chi connectivity index (χ0v) is 12.7. The summed E-state index contributed by atoms with van der Waals surface area (Å²) in [5.41, 5.74) is -0.267. The number of urea groups is 1. The van der Waals surface area contributed by atoms with Crippen LogP contribution in [0.4, 0.5) is 4.79 Å². The van der Waals surface area contributed by atoms with Crippen molar-refractivity contribution in [2.75, 3.05) is 6.54 Å². The van der Waals surface area contributed by atoms with E-state index < -0.39 is 5.97 Å². The number of aliphatic carboxylic acids is 1. The Kier molecular flexibility index (Phi) is 5.60. The van der Waals surface area contributed by atoms with Gasteiger partial charge in [0.15, 0.2) is 0 Å². The van der Waals surface area contributed by atoms with Gasteiger partial charge in [-0.3, -0.25) is 4.79 Å². The molecule has 1 fully saturated rings. The van der Waals surface area contributed by atoms with Crippen LogP contribution >= 0.6 is 0 Å². The Balaban J connectivity index is 2.53. The number of nitrogens with zero attached hydrogens (tertiary/aromatic N) is 1. The van der Waals surface area contributed by atoms with E-state index in [1.807, 2.05) is 20.8 Å². The van der Waals surface area contributed by atoms with Gasteiger partial charge in [-0.05, 0) is 46.5 Å². The minimum Gasteiger partial charge on any atom is -0.481 e. The first kappa shape index (κ1) is 16.5. The molecule has 0 radical (unpaired) electrons. The lowest BCUT2D eigenvalue weighted by atomic mass is 9.86. The molecule has 1 aliphatic rings. The molecular weight excluding hydrogens is 256 g/mol. The minimum atomic E-state index is -0.724. The fourth-order valence-corrected chi connectivity index (χ4v) is 2.53. The van der Waals surface area contributed by atoms with E-state index >= 15 is 0 Å². The molecular formula is C15H26N2O3. The molecule has 1 rings (SSSR count). The van der Waals surface area contributed by atoms with E-state index in [9.17, 15) is 9.59 Å². The number of carboxylic acid groups (broad SMARTS) is 1. The monoisotopic (exact) mass is 282 g/mol. The highest BCUT2D eigenvalue weighted by Crippen LogP contribution is 2.25. The highest BCUT2D eigenvalue weighted by atomic mass is 16.4. The van der Waals surface area contributed by atoms with Gasteiger partial charge in [0.05, 0.1) is 5.92 Å². The summed E-state index contributed by atoms with van der Waals surface area (Å²) >= 11 is 0. The van der Waals surface area contributed by atoms with E-state index in [4.69, 9.17) is 5.11 Å². The van der Waals surface area contributed by atoms with Crippen LogP contribution in [-0.4, -0.2) is 40.1 Å². The average molecular weight is 282 g/mol. The van der Waals surface area contributed by atoms with Crippen molar-refractivity contribution in [3.8, 4) is 0 Å². The number of carbonyl (C=O) groups is 2. The quantitative estimate of drug-likeness (QED) is 0.779. The first-order valence-electron chi connectivity index (χ1n) is 7.17. The van der Waals surface area contributed by atoms with Crippen molar-refractivity contribution in [1.29, 1.82) is 0 Å². The summed E-state index contributed by atoms with van der Waals surface area (Å²) < 4.78 is 0. The molecule has 0 bridgehead atoms. The SMILES string of the molecule is C=CCN(C(=O)NC1CCC(C(=O)O)CC1)C(C)(C)C. The van der Waals surface area contributed by atoms with Gasteiger partial charge >= 0.3 is 12.0 Å². The second-order valence-corrected chi connectivity index (χ2v) is 6.41. The molecule has 20 heavy (non-hydrogen) atoms. The molecule has 0 unspecified atom stereocenters. The second-order valence-electron chi connectivity index (χ2n) is 6.41. The predicted octanol–water partition coefficient (Wildman–Crippen LogP) is 2.63. The smallest absolute Gasteiger partial charge is 0.318 e. The van der Waals surface area contributed by atoms with Gasteiger partial charge in [0, 0.05) is 18.1 Å². The van der Waals surface area contributed by atoms with Crippen LogP contribution in [0, 0.1) is 5.92 Å². The molecule has 114 valence electrons. The number of nitrogens with one attached hydrogen (secondary N) is 1. The predicted molar refractivity (Wildman–Crippen MR) is 78.6 cm³/mol. The average Bonchev–Trinajstić information content (AvgIpc) is 2.35. The van der Waals surface area contributed by atoms with Crippen LogP contribution < -0.4 is 5.32 Å². The molecule has 2 amide bonds. The van der Waals surface area contributed by atoms with Crippen LogP contribution in [0.25, 0.3) is 0 Å². The third-order valence-corrected chi connectivity index (χ3v) is 3.77. The van der Waals surface area contributed by atoms with Crippen molar-refractivity contribution >= 4 is 12.0 Å². The van der Waals surface area contributed by atoms with Crippen LogP contribution in [0.3, 0.4) is 0 Å². The highest BCUT2D eigenvalue weighted by Gasteiger charge is 2.30. The van der Waals surface area contributed by atoms with Gasteiger partial charge in [-0.2, -0.15) is 0 Å². The molecule has 1 aliphatic carbocycles. The van der Waals surface area contributed by atoms with Crippen LogP contribution in [0.2, 0.25) is 0 Å². The summed E-state index contributed by atoms with van der Waals surface area (Å²) in [4.78, 5) is 25.0. The summed E-state index contributed by atoms with van der Waals surface area (Å²) in [6, 6.07) is -0.0241. The van der Waals surface area contributed by atoms with Gasteiger partial charge in [-0.25, -0.2) is 4.79 Å². The Bertz CT molecular complexity index is 366. The Morgan fingerprint density at radius 2 is 1.85 bits per heavy atom. The first-order chi connectivity index (χ1) is 9.25. The number of carbonyl (C=O) groups excluding carboxylic acids is 1. The maximum Gasteiger partial charge on any atom is 0.318 e. The van der Waals surface area contributed by atoms with Gasteiger partial charge in [-0.15, -0.1) is 6.58 Å². The van der Waals surface area contributed by atoms with Gasteiger partial charge < -0.3 is 15.3 Å². The normalized spacial score (nSPS) is 22.9. The molecule has 5 heteroatoms. The zero-order chi connectivity index (χ0) is 15.3. The van der Waals surface area contributed by atoms with Crippen molar-refractivity contribution in [3.63, 3.8) is 0 Å². The number of rotatable bonds is 4. The summed E-state index contributed by atoms with van der Waals surface area (Å²) in [6.07, 6.45) is 4.45. The summed E-state index contributed by atoms with van der Waals surface area (Å²) in [7, 11) is 0. The zero-order valence-electron chi connectivity index (χ0n) is 12.7. The highest BCUT2D eigenvalue weighted by molar-refractivity contribution is 5.75. The molecule has 0 aliphatic heterocycles. The maximum atomic E-state index is 12.3. The van der Waals surface area contributed by atoms with E-state index in [2.05, 4.69) is 11.9 Å². The minimum absolute atomic E-state index is 0.0766. The van der Waals surface area contributed by atoms with Crippen LogP contribution in [0.1, 0.15) is 46.5 Å². The van der Waals surface area contributed by atoms with Gasteiger partial charge in [0.25, 0.3) is 0 Å². The van der Waals surface area contributed by atoms with E-state index in [0.717, 1.165) is 12.8 Å². The van der Waals surface area contributed by atoms with E-state index in [1.54, 1.807) is 11.0 Å². The third-order valence-electron chi connectivity index (χ3n) is 3.77. The summed E-state index contributed by atoms with van der Waals surface area (Å²) in [5, 5.41) is 12.0. The fraction of sp³-hybridized carbons (Fsp3) is 0.733. The van der Waals surface area contributed by atoms with Crippen LogP contribution in [0.5, 0.6) is 0 Å². The van der Waals surface area contributed by atoms with Gasteiger partial charge in [0.1, 0.15) is 0 Å². The lowest BCUT2D eigenvalue weighted by Gasteiger charge is -2.37. The molecule has 0 atom stereocenters. The molecule has 0 aromatic rings. The van der Waals surface area contributed by atoms with Crippen molar-refractivity contribution in [2.45, 2.75) is 58.0 Å². The maximum absolute atomic E-state index is 12.3. The molecule has 2 N–H and O–H groups in total. The molecule has 0 heterocycles. The molecule has 0 aromatic heterocycles. The molecule has 0 saturated heterocycles. The van der Waals surface area contributed by atoms with E-state index in [0.29, 0.717) is 19.4 Å². The van der Waals surface area contributed by atoms with Crippen molar-refractivity contribution in [3.05, 3.63) is 12.7 Å². The molecule has 0 aromatic carbocycles. The Hall–Kier alpha value is -1.52.